The molecule has 2 rings (SSSR count). The summed E-state index contributed by atoms with van der Waals surface area (Å²) in [6, 6.07) is 0. The molecule has 1 aliphatic carbocycles. The summed E-state index contributed by atoms with van der Waals surface area (Å²) in [5.74, 6) is -1.72. The first-order valence-electron chi connectivity index (χ1n) is 6.58. The molecule has 0 aromatic heterocycles. The van der Waals surface area contributed by atoms with Crippen molar-refractivity contribution in [1.82, 2.24) is 0 Å². The lowest BCUT2D eigenvalue weighted by molar-refractivity contribution is -0.181. The van der Waals surface area contributed by atoms with Crippen molar-refractivity contribution >= 4 is 17.9 Å². The molecule has 0 aromatic rings. The molecule has 1 saturated carbocycles. The molecule has 20 heavy (non-hydrogen) atoms. The number of rotatable bonds is 4. The van der Waals surface area contributed by atoms with E-state index in [1.54, 1.807) is 13.8 Å². The summed E-state index contributed by atoms with van der Waals surface area (Å²) < 4.78 is 15.2. The molecule has 1 atom stereocenters. The first kappa shape index (κ1) is 14.6. The molecular formula is C14H18O6. The second-order valence-corrected chi connectivity index (χ2v) is 5.51. The van der Waals surface area contributed by atoms with Gasteiger partial charge in [0.05, 0.1) is 12.5 Å². The minimum Gasteiger partial charge on any atom is -0.463 e. The standard InChI is InChI=1S/C14H18O6/c1-8(2)11(15)19-10-6-9(7-10)12(16)20-14(3)4-5-18-13(14)17/h9-10H,1,4-7H2,2-3H3. The fraction of sp³-hybridized carbons (Fsp3) is 0.643. The summed E-state index contributed by atoms with van der Waals surface area (Å²) in [7, 11) is 0. The average Bonchev–Trinajstić information content (AvgIpc) is 2.62. The van der Waals surface area contributed by atoms with Crippen LogP contribution in [0.4, 0.5) is 0 Å². The highest BCUT2D eigenvalue weighted by molar-refractivity contribution is 5.87. The van der Waals surface area contributed by atoms with E-state index in [0.717, 1.165) is 0 Å². The van der Waals surface area contributed by atoms with E-state index in [0.29, 0.717) is 24.8 Å². The van der Waals surface area contributed by atoms with Crippen molar-refractivity contribution < 1.29 is 28.6 Å². The average molecular weight is 282 g/mol. The third-order valence-electron chi connectivity index (χ3n) is 3.62. The van der Waals surface area contributed by atoms with Gasteiger partial charge >= 0.3 is 17.9 Å². The van der Waals surface area contributed by atoms with Gasteiger partial charge in [0.1, 0.15) is 6.10 Å². The molecule has 1 saturated heterocycles. The Kier molecular flexibility index (Phi) is 3.83. The van der Waals surface area contributed by atoms with Gasteiger partial charge < -0.3 is 14.2 Å². The Balaban J connectivity index is 1.78. The van der Waals surface area contributed by atoms with E-state index in [1.807, 2.05) is 0 Å². The molecule has 6 nitrogen and oxygen atoms in total. The quantitative estimate of drug-likeness (QED) is 0.437. The van der Waals surface area contributed by atoms with Gasteiger partial charge in [-0.05, 0) is 26.7 Å². The van der Waals surface area contributed by atoms with Gasteiger partial charge in [0.25, 0.3) is 0 Å². The van der Waals surface area contributed by atoms with Crippen molar-refractivity contribution in [3.63, 3.8) is 0 Å². The predicted octanol–water partition coefficient (Wildman–Crippen LogP) is 1.13. The predicted molar refractivity (Wildman–Crippen MR) is 67.5 cm³/mol. The second kappa shape index (κ2) is 5.26. The van der Waals surface area contributed by atoms with Crippen LogP contribution in [0.2, 0.25) is 0 Å². The van der Waals surface area contributed by atoms with Crippen molar-refractivity contribution in [3.8, 4) is 0 Å². The lowest BCUT2D eigenvalue weighted by Gasteiger charge is -2.34. The zero-order chi connectivity index (χ0) is 14.9. The van der Waals surface area contributed by atoms with Crippen LogP contribution in [0.3, 0.4) is 0 Å². The number of carbonyl (C=O) groups is 3. The largest absolute Gasteiger partial charge is 0.463 e. The van der Waals surface area contributed by atoms with Crippen LogP contribution in [0.5, 0.6) is 0 Å². The maximum atomic E-state index is 11.9. The molecule has 1 aliphatic heterocycles. The minimum absolute atomic E-state index is 0.270. The zero-order valence-corrected chi connectivity index (χ0v) is 11.6. The topological polar surface area (TPSA) is 78.9 Å². The maximum Gasteiger partial charge on any atom is 0.350 e. The number of carbonyl (C=O) groups excluding carboxylic acids is 3. The van der Waals surface area contributed by atoms with Crippen LogP contribution < -0.4 is 0 Å². The maximum absolute atomic E-state index is 11.9. The van der Waals surface area contributed by atoms with Crippen LogP contribution in [0.25, 0.3) is 0 Å². The molecule has 110 valence electrons. The van der Waals surface area contributed by atoms with E-state index in [-0.39, 0.29) is 18.6 Å². The first-order chi connectivity index (χ1) is 9.32. The number of hydrogen-bond donors (Lipinski definition) is 0. The van der Waals surface area contributed by atoms with Crippen LogP contribution in [-0.2, 0) is 28.6 Å². The van der Waals surface area contributed by atoms with Crippen molar-refractivity contribution in [2.75, 3.05) is 6.61 Å². The molecule has 0 radical (unpaired) electrons. The molecule has 0 amide bonds. The van der Waals surface area contributed by atoms with E-state index < -0.39 is 23.5 Å². The number of hydrogen-bond acceptors (Lipinski definition) is 6. The van der Waals surface area contributed by atoms with Crippen molar-refractivity contribution in [2.24, 2.45) is 5.92 Å². The Bertz CT molecular complexity index is 462. The van der Waals surface area contributed by atoms with Gasteiger partial charge in [-0.15, -0.1) is 0 Å². The summed E-state index contributed by atoms with van der Waals surface area (Å²) in [5.41, 5.74) is -0.839. The van der Waals surface area contributed by atoms with Crippen molar-refractivity contribution in [1.29, 1.82) is 0 Å². The molecule has 2 aliphatic rings. The minimum atomic E-state index is -1.17. The van der Waals surface area contributed by atoms with E-state index >= 15 is 0 Å². The Hall–Kier alpha value is -1.85. The van der Waals surface area contributed by atoms with Crippen LogP contribution in [0.1, 0.15) is 33.1 Å². The van der Waals surface area contributed by atoms with Gasteiger partial charge in [0.2, 0.25) is 5.60 Å². The highest BCUT2D eigenvalue weighted by atomic mass is 16.6. The van der Waals surface area contributed by atoms with Crippen LogP contribution in [-0.4, -0.2) is 36.2 Å². The van der Waals surface area contributed by atoms with Gasteiger partial charge in [0.15, 0.2) is 0 Å². The Morgan fingerprint density at radius 1 is 1.40 bits per heavy atom. The highest BCUT2D eigenvalue weighted by Gasteiger charge is 2.47. The van der Waals surface area contributed by atoms with Gasteiger partial charge in [-0.1, -0.05) is 6.58 Å². The Labute approximate surface area is 117 Å². The van der Waals surface area contributed by atoms with Gasteiger partial charge in [-0.3, -0.25) is 4.79 Å². The summed E-state index contributed by atoms with van der Waals surface area (Å²) in [6.45, 7) is 6.88. The number of esters is 3. The van der Waals surface area contributed by atoms with E-state index in [2.05, 4.69) is 6.58 Å². The molecular weight excluding hydrogens is 264 g/mol. The number of cyclic esters (lactones) is 1. The fourth-order valence-electron chi connectivity index (χ4n) is 2.10. The second-order valence-electron chi connectivity index (χ2n) is 5.51. The third kappa shape index (κ3) is 2.84. The zero-order valence-electron chi connectivity index (χ0n) is 11.6. The van der Waals surface area contributed by atoms with Crippen LogP contribution in [0.15, 0.2) is 12.2 Å². The monoisotopic (exact) mass is 282 g/mol. The summed E-state index contributed by atoms with van der Waals surface area (Å²) in [6.07, 6.45) is 0.935. The summed E-state index contributed by atoms with van der Waals surface area (Å²) in [4.78, 5) is 34.7. The number of ether oxygens (including phenoxy) is 3. The van der Waals surface area contributed by atoms with E-state index in [1.165, 1.54) is 0 Å². The molecule has 1 unspecified atom stereocenters. The van der Waals surface area contributed by atoms with Gasteiger partial charge in [-0.25, -0.2) is 9.59 Å². The van der Waals surface area contributed by atoms with Gasteiger partial charge in [-0.2, -0.15) is 0 Å². The third-order valence-corrected chi connectivity index (χ3v) is 3.62. The van der Waals surface area contributed by atoms with E-state index in [4.69, 9.17) is 14.2 Å². The lowest BCUT2D eigenvalue weighted by atomic mass is 9.82. The van der Waals surface area contributed by atoms with Crippen LogP contribution >= 0.6 is 0 Å². The molecule has 0 N–H and O–H groups in total. The molecule has 2 fully saturated rings. The Morgan fingerprint density at radius 2 is 2.05 bits per heavy atom. The molecule has 0 spiro atoms. The summed E-state index contributed by atoms with van der Waals surface area (Å²) in [5, 5.41) is 0. The SMILES string of the molecule is C=C(C)C(=O)OC1CC(C(=O)OC2(C)CCOC2=O)C1. The normalized spacial score (nSPS) is 32.0. The van der Waals surface area contributed by atoms with E-state index in [9.17, 15) is 14.4 Å². The molecule has 1 heterocycles. The van der Waals surface area contributed by atoms with Crippen molar-refractivity contribution in [2.45, 2.75) is 44.8 Å². The van der Waals surface area contributed by atoms with Crippen LogP contribution in [0, 0.1) is 5.92 Å². The Morgan fingerprint density at radius 3 is 2.55 bits per heavy atom. The molecule has 0 aromatic carbocycles. The van der Waals surface area contributed by atoms with Crippen molar-refractivity contribution in [3.05, 3.63) is 12.2 Å². The van der Waals surface area contributed by atoms with Gasteiger partial charge in [0, 0.05) is 12.0 Å². The molecule has 0 bridgehead atoms. The smallest absolute Gasteiger partial charge is 0.350 e. The highest BCUT2D eigenvalue weighted by Crippen LogP contribution is 2.34. The lowest BCUT2D eigenvalue weighted by Crippen LogP contribution is -2.44. The first-order valence-corrected chi connectivity index (χ1v) is 6.58. The summed E-state index contributed by atoms with van der Waals surface area (Å²) >= 11 is 0. The molecule has 6 heteroatoms. The fourth-order valence-corrected chi connectivity index (χ4v) is 2.10.